The fraction of sp³-hybridized carbons (Fsp3) is 0.429. The smallest absolute Gasteiger partial charge is 0.398 e. The zero-order valence-corrected chi connectivity index (χ0v) is 7.73. The lowest BCUT2D eigenvalue weighted by molar-refractivity contribution is -0.152. The van der Waals surface area contributed by atoms with Crippen molar-refractivity contribution >= 4 is 23.6 Å². The highest BCUT2D eigenvalue weighted by atomic mass is 16.5. The minimum atomic E-state index is -1.25. The third-order valence-corrected chi connectivity index (χ3v) is 1.24. The highest BCUT2D eigenvalue weighted by Crippen LogP contribution is 1.85. The molecule has 0 fully saturated rings. The molecule has 14 heavy (non-hydrogen) atoms. The molecular formula is C7H10N2O5. The summed E-state index contributed by atoms with van der Waals surface area (Å²) in [6.45, 7) is 1.55. The predicted molar refractivity (Wildman–Crippen MR) is 45.5 cm³/mol. The van der Waals surface area contributed by atoms with Gasteiger partial charge in [-0.05, 0) is 6.42 Å². The lowest BCUT2D eigenvalue weighted by Gasteiger charge is -1.98. The number of hydrogen-bond donors (Lipinski definition) is 2. The van der Waals surface area contributed by atoms with E-state index in [2.05, 4.69) is 9.84 Å². The monoisotopic (exact) mass is 202 g/mol. The number of aliphatic carboxylic acids is 1. The Balaban J connectivity index is 4.33. The number of carboxylic acid groups (broad SMARTS) is 1. The van der Waals surface area contributed by atoms with E-state index < -0.39 is 17.8 Å². The second-order valence-electron chi connectivity index (χ2n) is 2.15. The quantitative estimate of drug-likeness (QED) is 0.268. The van der Waals surface area contributed by atoms with E-state index in [0.29, 0.717) is 0 Å². The topological polar surface area (TPSA) is 105 Å². The van der Waals surface area contributed by atoms with Crippen molar-refractivity contribution in [3.8, 4) is 0 Å². The van der Waals surface area contributed by atoms with Crippen LogP contribution in [0.4, 0.5) is 0 Å². The van der Waals surface area contributed by atoms with Crippen molar-refractivity contribution in [2.24, 2.45) is 5.10 Å². The zero-order chi connectivity index (χ0) is 11.1. The van der Waals surface area contributed by atoms with E-state index >= 15 is 0 Å². The highest BCUT2D eigenvalue weighted by Gasteiger charge is 2.14. The Morgan fingerprint density at radius 1 is 1.43 bits per heavy atom. The van der Waals surface area contributed by atoms with Gasteiger partial charge in [-0.1, -0.05) is 6.92 Å². The van der Waals surface area contributed by atoms with E-state index in [-0.39, 0.29) is 12.1 Å². The second-order valence-corrected chi connectivity index (χ2v) is 2.15. The zero-order valence-electron chi connectivity index (χ0n) is 7.73. The summed E-state index contributed by atoms with van der Waals surface area (Å²) >= 11 is 0. The van der Waals surface area contributed by atoms with Crippen molar-refractivity contribution < 1.29 is 24.2 Å². The molecule has 0 aliphatic carbocycles. The number of amides is 1. The van der Waals surface area contributed by atoms with Crippen molar-refractivity contribution in [3.63, 3.8) is 0 Å². The molecule has 0 aliphatic rings. The third-order valence-electron chi connectivity index (χ3n) is 1.24. The normalized spacial score (nSPS) is 10.6. The first-order chi connectivity index (χ1) is 6.52. The number of rotatable bonds is 3. The van der Waals surface area contributed by atoms with Crippen molar-refractivity contribution in [1.82, 2.24) is 5.43 Å². The third kappa shape index (κ3) is 3.65. The Labute approximate surface area is 79.7 Å². The molecule has 2 N–H and O–H groups in total. The Kier molecular flexibility index (Phi) is 4.90. The Morgan fingerprint density at radius 3 is 2.36 bits per heavy atom. The molecule has 78 valence electrons. The molecule has 0 aliphatic heterocycles. The Morgan fingerprint density at radius 2 is 2.00 bits per heavy atom. The van der Waals surface area contributed by atoms with Crippen molar-refractivity contribution in [3.05, 3.63) is 0 Å². The first kappa shape index (κ1) is 12.1. The largest absolute Gasteiger partial charge is 0.477 e. The van der Waals surface area contributed by atoms with Crippen molar-refractivity contribution in [2.45, 2.75) is 13.3 Å². The summed E-state index contributed by atoms with van der Waals surface area (Å²) < 4.78 is 4.07. The summed E-state index contributed by atoms with van der Waals surface area (Å²) in [5, 5.41) is 11.7. The molecule has 0 radical (unpaired) electrons. The number of hydrogen-bond acceptors (Lipinski definition) is 5. The summed E-state index contributed by atoms with van der Waals surface area (Å²) in [4.78, 5) is 31.6. The summed E-state index contributed by atoms with van der Waals surface area (Å²) in [5.74, 6) is -3.49. The van der Waals surface area contributed by atoms with Gasteiger partial charge in [-0.3, -0.25) is 4.79 Å². The number of nitrogens with zero attached hydrogens (tertiary/aromatic N) is 1. The molecule has 0 bridgehead atoms. The molecule has 0 unspecified atom stereocenters. The Hall–Kier alpha value is -1.92. The number of nitrogens with one attached hydrogen (secondary N) is 1. The average Bonchev–Trinajstić information content (AvgIpc) is 2.16. The van der Waals surface area contributed by atoms with Crippen LogP contribution in [-0.4, -0.2) is 35.8 Å². The van der Waals surface area contributed by atoms with Gasteiger partial charge >= 0.3 is 17.8 Å². The number of methoxy groups -OCH3 is 1. The van der Waals surface area contributed by atoms with Gasteiger partial charge in [-0.15, -0.1) is 0 Å². The first-order valence-electron chi connectivity index (χ1n) is 3.71. The molecule has 0 aromatic heterocycles. The molecule has 0 saturated heterocycles. The summed E-state index contributed by atoms with van der Waals surface area (Å²) in [6.07, 6.45) is 0.136. The van der Waals surface area contributed by atoms with Crippen LogP contribution in [0.25, 0.3) is 0 Å². The fourth-order valence-corrected chi connectivity index (χ4v) is 0.535. The fourth-order valence-electron chi connectivity index (χ4n) is 0.535. The molecule has 1 amide bonds. The van der Waals surface area contributed by atoms with Crippen LogP contribution in [0.5, 0.6) is 0 Å². The molecule has 0 spiro atoms. The van der Waals surface area contributed by atoms with E-state index in [1.807, 2.05) is 0 Å². The van der Waals surface area contributed by atoms with E-state index in [1.54, 1.807) is 12.3 Å². The van der Waals surface area contributed by atoms with Crippen LogP contribution in [0, 0.1) is 0 Å². The van der Waals surface area contributed by atoms with Crippen LogP contribution in [-0.2, 0) is 19.1 Å². The molecule has 0 saturated carbocycles. The number of hydrazone groups is 1. The average molecular weight is 202 g/mol. The van der Waals surface area contributed by atoms with Gasteiger partial charge in [0.2, 0.25) is 0 Å². The van der Waals surface area contributed by atoms with E-state index in [0.717, 1.165) is 7.11 Å². The van der Waals surface area contributed by atoms with Crippen LogP contribution in [0.1, 0.15) is 13.3 Å². The summed E-state index contributed by atoms with van der Waals surface area (Å²) in [5.41, 5.74) is 1.51. The van der Waals surface area contributed by atoms with Gasteiger partial charge in [0.25, 0.3) is 0 Å². The minimum Gasteiger partial charge on any atom is -0.477 e. The summed E-state index contributed by atoms with van der Waals surface area (Å²) in [7, 11) is 1.03. The predicted octanol–water partition coefficient (Wildman–Crippen LogP) is -0.874. The maximum atomic E-state index is 10.7. The molecule has 0 heterocycles. The van der Waals surface area contributed by atoms with Crippen LogP contribution < -0.4 is 5.43 Å². The van der Waals surface area contributed by atoms with Crippen LogP contribution in [0.15, 0.2) is 5.10 Å². The maximum absolute atomic E-state index is 10.7. The van der Waals surface area contributed by atoms with Gasteiger partial charge in [0.15, 0.2) is 0 Å². The molecule has 0 atom stereocenters. The van der Waals surface area contributed by atoms with Crippen LogP contribution in [0.2, 0.25) is 0 Å². The molecule has 0 aromatic carbocycles. The van der Waals surface area contributed by atoms with E-state index in [9.17, 15) is 14.4 Å². The molecule has 7 heteroatoms. The van der Waals surface area contributed by atoms with Gasteiger partial charge in [-0.25, -0.2) is 15.0 Å². The van der Waals surface area contributed by atoms with Gasteiger partial charge in [-0.2, -0.15) is 5.10 Å². The van der Waals surface area contributed by atoms with Gasteiger partial charge in [0.1, 0.15) is 5.71 Å². The maximum Gasteiger partial charge on any atom is 0.398 e. The standard InChI is InChI=1S/C7H10N2O5/c1-3-4(6(11)12)8-9-5(10)7(13)14-2/h3H2,1-2H3,(H,9,10)(H,11,12)/b8-4-. The number of carbonyl (C=O) groups excluding carboxylic acids is 2. The second kappa shape index (κ2) is 5.68. The van der Waals surface area contributed by atoms with Gasteiger partial charge < -0.3 is 9.84 Å². The van der Waals surface area contributed by atoms with E-state index in [1.165, 1.54) is 0 Å². The molecule has 0 aromatic rings. The lowest BCUT2D eigenvalue weighted by atomic mass is 10.3. The van der Waals surface area contributed by atoms with Crippen molar-refractivity contribution in [2.75, 3.05) is 7.11 Å². The highest BCUT2D eigenvalue weighted by molar-refractivity contribution is 6.36. The molecule has 0 rings (SSSR count). The van der Waals surface area contributed by atoms with Crippen LogP contribution in [0.3, 0.4) is 0 Å². The SMILES string of the molecule is CC/C(=N/NC(=O)C(=O)OC)C(=O)O. The number of carboxylic acids is 1. The minimum absolute atomic E-state index is 0.136. The lowest BCUT2D eigenvalue weighted by Crippen LogP contribution is -2.30. The van der Waals surface area contributed by atoms with E-state index in [4.69, 9.17) is 5.11 Å². The molecular weight excluding hydrogens is 192 g/mol. The van der Waals surface area contributed by atoms with Crippen LogP contribution >= 0.6 is 0 Å². The molecule has 7 nitrogen and oxygen atoms in total. The first-order valence-corrected chi connectivity index (χ1v) is 3.71. The number of ether oxygens (including phenoxy) is 1. The summed E-state index contributed by atoms with van der Waals surface area (Å²) in [6, 6.07) is 0. The van der Waals surface area contributed by atoms with Gasteiger partial charge in [0, 0.05) is 0 Å². The Bertz CT molecular complexity index is 284. The van der Waals surface area contributed by atoms with Crippen molar-refractivity contribution in [1.29, 1.82) is 0 Å². The number of esters is 1. The number of carbonyl (C=O) groups is 3. The van der Waals surface area contributed by atoms with Gasteiger partial charge in [0.05, 0.1) is 7.11 Å².